The lowest BCUT2D eigenvalue weighted by Gasteiger charge is -1.94. The molecule has 0 aliphatic rings. The predicted octanol–water partition coefficient (Wildman–Crippen LogP) is 0.926. The number of carbonyl (C=O) groups is 1. The number of nitrogens with one attached hydrogen (secondary N) is 1. The van der Waals surface area contributed by atoms with Gasteiger partial charge < -0.3 is 4.57 Å². The lowest BCUT2D eigenvalue weighted by atomic mass is 10.4. The highest BCUT2D eigenvalue weighted by Gasteiger charge is 1.99. The molecule has 0 saturated heterocycles. The van der Waals surface area contributed by atoms with Gasteiger partial charge in [0, 0.05) is 11.1 Å². The van der Waals surface area contributed by atoms with Gasteiger partial charge in [0.2, 0.25) is 0 Å². The summed E-state index contributed by atoms with van der Waals surface area (Å²) < 4.78 is 1.66. The molecular weight excluding hydrogens is 160 g/mol. The zero-order valence-electron chi connectivity index (χ0n) is 6.55. The summed E-state index contributed by atoms with van der Waals surface area (Å²) in [5.41, 5.74) is 0. The van der Waals surface area contributed by atoms with Crippen LogP contribution < -0.4 is 4.80 Å². The summed E-state index contributed by atoms with van der Waals surface area (Å²) in [6.45, 7) is 3.78. The highest BCUT2D eigenvalue weighted by molar-refractivity contribution is 7.09. The second-order valence-corrected chi connectivity index (χ2v) is 3.71. The van der Waals surface area contributed by atoms with Gasteiger partial charge in [0.25, 0.3) is 0 Å². The number of Topliss-reactive ketones (excluding diaryl/α,β-unsaturated/α-hetero) is 1. The standard InChI is InChI=1S/C7H10N2OS/c1-5(10)3-9-4-6(2)11-7(9)8/h4,8H,3H2,1-2H3. The van der Waals surface area contributed by atoms with Crippen LogP contribution in [0.1, 0.15) is 11.8 Å². The average molecular weight is 170 g/mol. The minimum absolute atomic E-state index is 0.0845. The second kappa shape index (κ2) is 3.00. The maximum Gasteiger partial charge on any atom is 0.182 e. The number of nitrogens with zero attached hydrogens (tertiary/aromatic N) is 1. The highest BCUT2D eigenvalue weighted by Crippen LogP contribution is 1.99. The zero-order chi connectivity index (χ0) is 8.43. The molecule has 0 spiro atoms. The number of thiazole rings is 1. The van der Waals surface area contributed by atoms with Gasteiger partial charge in [0.1, 0.15) is 5.78 Å². The Balaban J connectivity index is 2.95. The molecule has 11 heavy (non-hydrogen) atoms. The molecule has 0 aromatic carbocycles. The van der Waals surface area contributed by atoms with Crippen LogP contribution in [0, 0.1) is 12.3 Å². The Kier molecular flexibility index (Phi) is 2.24. The van der Waals surface area contributed by atoms with Crippen LogP contribution in [0.2, 0.25) is 0 Å². The second-order valence-electron chi connectivity index (χ2n) is 2.48. The molecule has 0 radical (unpaired) electrons. The Labute approximate surface area is 68.8 Å². The van der Waals surface area contributed by atoms with E-state index in [1.165, 1.54) is 18.3 Å². The zero-order valence-corrected chi connectivity index (χ0v) is 7.36. The smallest absolute Gasteiger partial charge is 0.182 e. The number of aromatic nitrogens is 1. The first-order valence-corrected chi connectivity index (χ1v) is 4.12. The molecule has 0 fully saturated rings. The summed E-state index contributed by atoms with van der Waals surface area (Å²) in [6.07, 6.45) is 1.83. The van der Waals surface area contributed by atoms with Crippen LogP contribution in [0.3, 0.4) is 0 Å². The Morgan fingerprint density at radius 1 is 1.82 bits per heavy atom. The van der Waals surface area contributed by atoms with Gasteiger partial charge >= 0.3 is 0 Å². The van der Waals surface area contributed by atoms with E-state index < -0.39 is 0 Å². The van der Waals surface area contributed by atoms with Crippen LogP contribution in [-0.4, -0.2) is 10.4 Å². The molecule has 1 N–H and O–H groups in total. The maximum absolute atomic E-state index is 10.7. The van der Waals surface area contributed by atoms with Gasteiger partial charge in [-0.1, -0.05) is 0 Å². The number of hydrogen-bond donors (Lipinski definition) is 1. The summed E-state index contributed by atoms with van der Waals surface area (Å²) in [4.78, 5) is 12.2. The van der Waals surface area contributed by atoms with E-state index in [0.717, 1.165) is 4.88 Å². The molecule has 0 saturated carbocycles. The molecule has 0 aliphatic heterocycles. The minimum atomic E-state index is 0.0845. The molecule has 1 aromatic heterocycles. The Morgan fingerprint density at radius 2 is 2.45 bits per heavy atom. The van der Waals surface area contributed by atoms with Crippen molar-refractivity contribution in [2.75, 3.05) is 0 Å². The molecule has 0 unspecified atom stereocenters. The molecule has 1 rings (SSSR count). The summed E-state index contributed by atoms with van der Waals surface area (Å²) in [6, 6.07) is 0. The third-order valence-electron chi connectivity index (χ3n) is 1.25. The highest BCUT2D eigenvalue weighted by atomic mass is 32.1. The normalized spacial score (nSPS) is 10.0. The number of carbonyl (C=O) groups excluding carboxylic acids is 1. The van der Waals surface area contributed by atoms with Crippen LogP contribution in [0.15, 0.2) is 6.20 Å². The van der Waals surface area contributed by atoms with Crippen molar-refractivity contribution in [3.63, 3.8) is 0 Å². The van der Waals surface area contributed by atoms with Gasteiger partial charge in [0.05, 0.1) is 6.54 Å². The van der Waals surface area contributed by atoms with Crippen LogP contribution >= 0.6 is 11.3 Å². The van der Waals surface area contributed by atoms with Crippen molar-refractivity contribution in [2.45, 2.75) is 20.4 Å². The van der Waals surface area contributed by atoms with Crippen molar-refractivity contribution in [3.05, 3.63) is 15.9 Å². The fourth-order valence-electron chi connectivity index (χ4n) is 0.873. The maximum atomic E-state index is 10.7. The monoisotopic (exact) mass is 170 g/mol. The summed E-state index contributed by atoms with van der Waals surface area (Å²) in [5.74, 6) is 0.0845. The van der Waals surface area contributed by atoms with Gasteiger partial charge in [0.15, 0.2) is 4.80 Å². The van der Waals surface area contributed by atoms with E-state index in [1.54, 1.807) is 4.57 Å². The lowest BCUT2D eigenvalue weighted by Crippen LogP contribution is -2.16. The number of rotatable bonds is 2. The van der Waals surface area contributed by atoms with E-state index in [4.69, 9.17) is 5.41 Å². The van der Waals surface area contributed by atoms with Crippen molar-refractivity contribution >= 4 is 17.1 Å². The first-order chi connectivity index (χ1) is 5.09. The van der Waals surface area contributed by atoms with Crippen molar-refractivity contribution in [3.8, 4) is 0 Å². The van der Waals surface area contributed by atoms with Gasteiger partial charge in [-0.05, 0) is 13.8 Å². The quantitative estimate of drug-likeness (QED) is 0.705. The van der Waals surface area contributed by atoms with Crippen LogP contribution in [0.5, 0.6) is 0 Å². The molecule has 60 valence electrons. The van der Waals surface area contributed by atoms with E-state index >= 15 is 0 Å². The van der Waals surface area contributed by atoms with Crippen molar-refractivity contribution in [1.82, 2.24) is 4.57 Å². The van der Waals surface area contributed by atoms with Crippen LogP contribution in [-0.2, 0) is 11.3 Å². The van der Waals surface area contributed by atoms with E-state index in [0.29, 0.717) is 11.3 Å². The number of ketones is 1. The van der Waals surface area contributed by atoms with Crippen LogP contribution in [0.25, 0.3) is 0 Å². The summed E-state index contributed by atoms with van der Waals surface area (Å²) in [5, 5.41) is 7.41. The topological polar surface area (TPSA) is 45.9 Å². The van der Waals surface area contributed by atoms with E-state index in [1.807, 2.05) is 13.1 Å². The third-order valence-corrected chi connectivity index (χ3v) is 2.10. The SMILES string of the molecule is CC(=O)Cn1cc(C)sc1=N. The number of aryl methyl sites for hydroxylation is 1. The summed E-state index contributed by atoms with van der Waals surface area (Å²) >= 11 is 1.39. The third kappa shape index (κ3) is 2.01. The summed E-state index contributed by atoms with van der Waals surface area (Å²) in [7, 11) is 0. The fourth-order valence-corrected chi connectivity index (χ4v) is 1.59. The first kappa shape index (κ1) is 8.20. The van der Waals surface area contributed by atoms with Gasteiger partial charge in [-0.25, -0.2) is 0 Å². The first-order valence-electron chi connectivity index (χ1n) is 3.30. The van der Waals surface area contributed by atoms with Crippen molar-refractivity contribution in [2.24, 2.45) is 0 Å². The van der Waals surface area contributed by atoms with E-state index in [-0.39, 0.29) is 5.78 Å². The molecule has 0 amide bonds. The van der Waals surface area contributed by atoms with Gasteiger partial charge in [-0.15, -0.1) is 11.3 Å². The Hall–Kier alpha value is -0.900. The largest absolute Gasteiger partial charge is 0.316 e. The van der Waals surface area contributed by atoms with E-state index in [2.05, 4.69) is 0 Å². The van der Waals surface area contributed by atoms with Crippen molar-refractivity contribution < 1.29 is 4.79 Å². The van der Waals surface area contributed by atoms with Crippen molar-refractivity contribution in [1.29, 1.82) is 5.41 Å². The molecule has 3 nitrogen and oxygen atoms in total. The minimum Gasteiger partial charge on any atom is -0.316 e. The molecular formula is C7H10N2OS. The number of hydrogen-bond acceptors (Lipinski definition) is 3. The molecule has 0 aliphatic carbocycles. The Bertz CT molecular complexity index is 323. The molecule has 0 atom stereocenters. The molecule has 4 heteroatoms. The Morgan fingerprint density at radius 3 is 2.82 bits per heavy atom. The molecule has 1 heterocycles. The van der Waals surface area contributed by atoms with E-state index in [9.17, 15) is 4.79 Å². The predicted molar refractivity (Wildman–Crippen MR) is 43.6 cm³/mol. The average Bonchev–Trinajstić information content (AvgIpc) is 2.09. The van der Waals surface area contributed by atoms with Gasteiger partial charge in [-0.3, -0.25) is 10.2 Å². The lowest BCUT2D eigenvalue weighted by molar-refractivity contribution is -0.117. The van der Waals surface area contributed by atoms with Crippen LogP contribution in [0.4, 0.5) is 0 Å². The molecule has 1 aromatic rings. The van der Waals surface area contributed by atoms with Gasteiger partial charge in [-0.2, -0.15) is 0 Å². The fraction of sp³-hybridized carbons (Fsp3) is 0.429. The molecule has 0 bridgehead atoms.